The molecular weight excluding hydrogens is 318 g/mol. The molecule has 1 heterocycles. The molecule has 1 saturated carbocycles. The van der Waals surface area contributed by atoms with Gasteiger partial charge in [0, 0.05) is 12.5 Å². The van der Waals surface area contributed by atoms with E-state index in [9.17, 15) is 14.4 Å². The Labute approximate surface area is 143 Å². The Bertz CT molecular complexity index is 461. The fourth-order valence-corrected chi connectivity index (χ4v) is 3.65. The Kier molecular flexibility index (Phi) is 7.02. The van der Waals surface area contributed by atoms with Gasteiger partial charge in [0.05, 0.1) is 6.42 Å². The fourth-order valence-electron chi connectivity index (χ4n) is 3.65. The molecule has 1 aliphatic carbocycles. The monoisotopic (exact) mass is 345 g/mol. The van der Waals surface area contributed by atoms with Crippen molar-refractivity contribution in [2.45, 2.75) is 70.9 Å². The van der Waals surface area contributed by atoms with Crippen molar-refractivity contribution < 1.29 is 14.4 Å². The van der Waals surface area contributed by atoms with Gasteiger partial charge in [-0.2, -0.15) is 0 Å². The molecule has 1 saturated heterocycles. The summed E-state index contributed by atoms with van der Waals surface area (Å²) >= 11 is 0. The van der Waals surface area contributed by atoms with E-state index in [0.29, 0.717) is 13.0 Å². The lowest BCUT2D eigenvalue weighted by atomic mass is 9.71. The summed E-state index contributed by atoms with van der Waals surface area (Å²) in [6.07, 6.45) is 5.75. The smallest absolute Gasteiger partial charge is 0.252 e. The Balaban J connectivity index is 0.00000264. The van der Waals surface area contributed by atoms with Crippen LogP contribution in [-0.2, 0) is 14.4 Å². The second kappa shape index (κ2) is 8.11. The molecule has 3 N–H and O–H groups in total. The summed E-state index contributed by atoms with van der Waals surface area (Å²) in [5, 5.41) is 2.74. The molecule has 2 aliphatic rings. The van der Waals surface area contributed by atoms with Crippen molar-refractivity contribution in [3.63, 3.8) is 0 Å². The molecule has 1 atom stereocenters. The number of carbonyl (C=O) groups excluding carboxylic acids is 3. The molecule has 0 aromatic rings. The summed E-state index contributed by atoms with van der Waals surface area (Å²) in [6, 6.07) is -0.878. The van der Waals surface area contributed by atoms with Gasteiger partial charge in [-0.1, -0.05) is 19.3 Å². The maximum absolute atomic E-state index is 12.3. The van der Waals surface area contributed by atoms with Crippen molar-refractivity contribution in [1.82, 2.24) is 10.2 Å². The summed E-state index contributed by atoms with van der Waals surface area (Å²) in [5.74, 6) is -0.667. The Morgan fingerprint density at radius 3 is 2.39 bits per heavy atom. The third kappa shape index (κ3) is 4.44. The number of carbonyl (C=O) groups is 3. The van der Waals surface area contributed by atoms with Crippen LogP contribution in [-0.4, -0.2) is 41.2 Å². The van der Waals surface area contributed by atoms with Crippen molar-refractivity contribution in [2.75, 3.05) is 6.54 Å². The Morgan fingerprint density at radius 2 is 1.91 bits per heavy atom. The van der Waals surface area contributed by atoms with Crippen LogP contribution in [0.2, 0.25) is 0 Å². The maximum atomic E-state index is 12.3. The number of rotatable bonds is 5. The molecule has 23 heavy (non-hydrogen) atoms. The van der Waals surface area contributed by atoms with Gasteiger partial charge in [-0.3, -0.25) is 19.3 Å². The first kappa shape index (κ1) is 19.9. The van der Waals surface area contributed by atoms with E-state index in [2.05, 4.69) is 5.32 Å². The molecule has 2 rings (SSSR count). The molecule has 0 bridgehead atoms. The molecule has 7 heteroatoms. The summed E-state index contributed by atoms with van der Waals surface area (Å²) < 4.78 is 0. The number of hydrogen-bond donors (Lipinski definition) is 2. The second-order valence-corrected chi connectivity index (χ2v) is 6.96. The van der Waals surface area contributed by atoms with E-state index in [-0.39, 0.29) is 48.0 Å². The molecule has 0 radical (unpaired) electrons. The normalized spacial score (nSPS) is 23.8. The van der Waals surface area contributed by atoms with Crippen LogP contribution in [0.5, 0.6) is 0 Å². The summed E-state index contributed by atoms with van der Waals surface area (Å²) in [5.41, 5.74) is 5.76. The maximum Gasteiger partial charge on any atom is 0.252 e. The highest BCUT2D eigenvalue weighted by atomic mass is 35.5. The fraction of sp³-hybridized carbons (Fsp3) is 0.812. The average molecular weight is 346 g/mol. The van der Waals surface area contributed by atoms with Crippen LogP contribution in [0.1, 0.15) is 58.8 Å². The lowest BCUT2D eigenvalue weighted by molar-refractivity contribution is -0.141. The zero-order chi connectivity index (χ0) is 16.3. The minimum absolute atomic E-state index is 0. The van der Waals surface area contributed by atoms with Gasteiger partial charge in [-0.05, 0) is 38.6 Å². The van der Waals surface area contributed by atoms with Gasteiger partial charge < -0.3 is 11.1 Å². The van der Waals surface area contributed by atoms with E-state index in [1.807, 2.05) is 0 Å². The molecule has 0 aromatic carbocycles. The SMILES string of the molecule is CC(C)N1C(=O)CC(NC(=O)CC2(CN)CCCCC2)C1=O.Cl. The minimum atomic E-state index is -0.708. The first-order chi connectivity index (χ1) is 10.4. The van der Waals surface area contributed by atoms with Crippen molar-refractivity contribution in [3.8, 4) is 0 Å². The Morgan fingerprint density at radius 1 is 1.30 bits per heavy atom. The van der Waals surface area contributed by atoms with Gasteiger partial charge in [0.15, 0.2) is 0 Å². The van der Waals surface area contributed by atoms with Crippen LogP contribution in [0.25, 0.3) is 0 Å². The predicted octanol–water partition coefficient (Wildman–Crippen LogP) is 1.36. The lowest BCUT2D eigenvalue weighted by Gasteiger charge is -2.35. The van der Waals surface area contributed by atoms with E-state index in [1.54, 1.807) is 13.8 Å². The number of amides is 3. The highest BCUT2D eigenvalue weighted by Gasteiger charge is 2.41. The average Bonchev–Trinajstić information content (AvgIpc) is 2.74. The van der Waals surface area contributed by atoms with E-state index < -0.39 is 6.04 Å². The highest BCUT2D eigenvalue weighted by molar-refractivity contribution is 6.07. The van der Waals surface area contributed by atoms with E-state index >= 15 is 0 Å². The van der Waals surface area contributed by atoms with Gasteiger partial charge in [0.1, 0.15) is 6.04 Å². The third-order valence-electron chi connectivity index (χ3n) is 4.92. The second-order valence-electron chi connectivity index (χ2n) is 6.96. The lowest BCUT2D eigenvalue weighted by Crippen LogP contribution is -2.46. The molecule has 2 fully saturated rings. The molecule has 1 aliphatic heterocycles. The molecular formula is C16H28ClN3O3. The Hall–Kier alpha value is -1.14. The molecule has 132 valence electrons. The first-order valence-corrected chi connectivity index (χ1v) is 8.24. The predicted molar refractivity (Wildman–Crippen MR) is 90.0 cm³/mol. The van der Waals surface area contributed by atoms with Gasteiger partial charge >= 0.3 is 0 Å². The highest BCUT2D eigenvalue weighted by Crippen LogP contribution is 2.38. The van der Waals surface area contributed by atoms with Crippen molar-refractivity contribution in [3.05, 3.63) is 0 Å². The van der Waals surface area contributed by atoms with Crippen LogP contribution in [0.3, 0.4) is 0 Å². The molecule has 0 aromatic heterocycles. The number of nitrogens with one attached hydrogen (secondary N) is 1. The number of halogens is 1. The van der Waals surface area contributed by atoms with Crippen LogP contribution in [0.15, 0.2) is 0 Å². The van der Waals surface area contributed by atoms with Crippen LogP contribution < -0.4 is 11.1 Å². The van der Waals surface area contributed by atoms with Crippen LogP contribution in [0, 0.1) is 5.41 Å². The quantitative estimate of drug-likeness (QED) is 0.736. The van der Waals surface area contributed by atoms with Crippen molar-refractivity contribution in [2.24, 2.45) is 11.1 Å². The number of nitrogens with zero attached hydrogens (tertiary/aromatic N) is 1. The van der Waals surface area contributed by atoms with Crippen LogP contribution >= 0.6 is 12.4 Å². The van der Waals surface area contributed by atoms with Gasteiger partial charge in [-0.25, -0.2) is 0 Å². The van der Waals surface area contributed by atoms with E-state index in [0.717, 1.165) is 25.7 Å². The number of hydrogen-bond acceptors (Lipinski definition) is 4. The summed E-state index contributed by atoms with van der Waals surface area (Å²) in [7, 11) is 0. The molecule has 0 spiro atoms. The summed E-state index contributed by atoms with van der Waals surface area (Å²) in [4.78, 5) is 37.6. The topological polar surface area (TPSA) is 92.5 Å². The van der Waals surface area contributed by atoms with E-state index in [4.69, 9.17) is 5.73 Å². The first-order valence-electron chi connectivity index (χ1n) is 8.24. The minimum Gasteiger partial charge on any atom is -0.344 e. The number of imide groups is 1. The zero-order valence-corrected chi connectivity index (χ0v) is 14.8. The third-order valence-corrected chi connectivity index (χ3v) is 4.92. The van der Waals surface area contributed by atoms with E-state index in [1.165, 1.54) is 11.3 Å². The summed E-state index contributed by atoms with van der Waals surface area (Å²) in [6.45, 7) is 4.09. The largest absolute Gasteiger partial charge is 0.344 e. The zero-order valence-electron chi connectivity index (χ0n) is 14.0. The van der Waals surface area contributed by atoms with Gasteiger partial charge in [0.25, 0.3) is 5.91 Å². The van der Waals surface area contributed by atoms with Crippen LogP contribution in [0.4, 0.5) is 0 Å². The van der Waals surface area contributed by atoms with Gasteiger partial charge in [0.2, 0.25) is 11.8 Å². The van der Waals surface area contributed by atoms with Gasteiger partial charge in [-0.15, -0.1) is 12.4 Å². The molecule has 1 unspecified atom stereocenters. The van der Waals surface area contributed by atoms with Crippen molar-refractivity contribution in [1.29, 1.82) is 0 Å². The molecule has 3 amide bonds. The number of nitrogens with two attached hydrogens (primary N) is 1. The number of likely N-dealkylation sites (tertiary alicyclic amines) is 1. The van der Waals surface area contributed by atoms with Crippen molar-refractivity contribution >= 4 is 30.1 Å². The molecule has 6 nitrogen and oxygen atoms in total. The standard InChI is InChI=1S/C16H27N3O3.ClH/c1-11(2)19-14(21)8-12(15(19)22)18-13(20)9-16(10-17)6-4-3-5-7-16;/h11-12H,3-10,17H2,1-2H3,(H,18,20);1H.